The van der Waals surface area contributed by atoms with E-state index in [-0.39, 0.29) is 26.2 Å². The first-order valence-electron chi connectivity index (χ1n) is 7.42. The molecule has 2 N–H and O–H groups in total. The van der Waals surface area contributed by atoms with Crippen molar-refractivity contribution in [2.75, 3.05) is 20.3 Å². The van der Waals surface area contributed by atoms with E-state index in [1.807, 2.05) is 30.3 Å². The Balaban J connectivity index is 2.06. The van der Waals surface area contributed by atoms with Crippen LogP contribution in [0.25, 0.3) is 0 Å². The number of nitrogens with zero attached hydrogens (tertiary/aromatic N) is 1. The fourth-order valence-corrected chi connectivity index (χ4v) is 2.80. The Hall–Kier alpha value is -2.12. The molecule has 1 aliphatic heterocycles. The summed E-state index contributed by atoms with van der Waals surface area (Å²) in [6.07, 6.45) is -1.40. The zero-order chi connectivity index (χ0) is 16.8. The van der Waals surface area contributed by atoms with Crippen LogP contribution in [0.3, 0.4) is 0 Å². The zero-order valence-electron chi connectivity index (χ0n) is 12.9. The first-order valence-corrected chi connectivity index (χ1v) is 7.42. The smallest absolute Gasteiger partial charge is 0.410 e. The van der Waals surface area contributed by atoms with E-state index in [0.717, 1.165) is 5.56 Å². The molecule has 0 bridgehead atoms. The molecule has 1 amide bonds. The highest BCUT2D eigenvalue weighted by atomic mass is 16.6. The highest BCUT2D eigenvalue weighted by Gasteiger charge is 2.48. The maximum absolute atomic E-state index is 12.3. The van der Waals surface area contributed by atoms with Gasteiger partial charge < -0.3 is 19.7 Å². The predicted octanol–water partition coefficient (Wildman–Crippen LogP) is 0.540. The summed E-state index contributed by atoms with van der Waals surface area (Å²) in [6, 6.07) is 8.20. The number of aliphatic hydroxyl groups excluding tert-OH is 2. The Morgan fingerprint density at radius 3 is 2.61 bits per heavy atom. The summed E-state index contributed by atoms with van der Waals surface area (Å²) < 4.78 is 9.94. The topological polar surface area (TPSA) is 96.3 Å². The van der Waals surface area contributed by atoms with E-state index in [0.29, 0.717) is 0 Å². The Labute approximate surface area is 134 Å². The van der Waals surface area contributed by atoms with Gasteiger partial charge in [-0.1, -0.05) is 30.3 Å². The molecule has 126 valence electrons. The van der Waals surface area contributed by atoms with Crippen LogP contribution in [0.4, 0.5) is 4.79 Å². The van der Waals surface area contributed by atoms with E-state index < -0.39 is 30.1 Å². The van der Waals surface area contributed by atoms with Crippen LogP contribution >= 0.6 is 0 Å². The maximum atomic E-state index is 12.3. The van der Waals surface area contributed by atoms with Gasteiger partial charge in [-0.25, -0.2) is 9.59 Å². The fourth-order valence-electron chi connectivity index (χ4n) is 2.80. The molecule has 1 heterocycles. The number of hydrogen-bond acceptors (Lipinski definition) is 6. The molecule has 3 atom stereocenters. The molecule has 0 aromatic heterocycles. The minimum atomic E-state index is -0.953. The molecular weight excluding hydrogens is 302 g/mol. The number of amides is 1. The lowest BCUT2D eigenvalue weighted by Gasteiger charge is -2.24. The Bertz CT molecular complexity index is 535. The largest absolute Gasteiger partial charge is 0.467 e. The Kier molecular flexibility index (Phi) is 5.95. The summed E-state index contributed by atoms with van der Waals surface area (Å²) in [6.45, 7) is -0.148. The van der Waals surface area contributed by atoms with Crippen molar-refractivity contribution in [2.24, 2.45) is 5.92 Å². The molecule has 1 fully saturated rings. The molecule has 1 aromatic rings. The van der Waals surface area contributed by atoms with Crippen molar-refractivity contribution in [1.82, 2.24) is 4.90 Å². The van der Waals surface area contributed by atoms with Gasteiger partial charge in [-0.2, -0.15) is 0 Å². The number of esters is 1. The number of aliphatic hydroxyl groups is 2. The number of likely N-dealkylation sites (tertiary alicyclic amines) is 1. The van der Waals surface area contributed by atoms with Gasteiger partial charge in [0.05, 0.1) is 19.8 Å². The van der Waals surface area contributed by atoms with E-state index >= 15 is 0 Å². The van der Waals surface area contributed by atoms with Gasteiger partial charge in [-0.3, -0.25) is 4.90 Å². The van der Waals surface area contributed by atoms with E-state index in [9.17, 15) is 14.7 Å². The summed E-state index contributed by atoms with van der Waals surface area (Å²) in [5, 5.41) is 19.2. The molecule has 23 heavy (non-hydrogen) atoms. The number of benzene rings is 1. The highest BCUT2D eigenvalue weighted by Crippen LogP contribution is 2.29. The van der Waals surface area contributed by atoms with Crippen LogP contribution < -0.4 is 0 Å². The summed E-state index contributed by atoms with van der Waals surface area (Å²) in [7, 11) is 1.22. The van der Waals surface area contributed by atoms with Gasteiger partial charge >= 0.3 is 12.1 Å². The molecule has 1 aliphatic rings. The fraction of sp³-hybridized carbons (Fsp3) is 0.500. The van der Waals surface area contributed by atoms with Crippen LogP contribution in [-0.2, 0) is 20.9 Å². The maximum Gasteiger partial charge on any atom is 0.410 e. The predicted molar refractivity (Wildman–Crippen MR) is 80.3 cm³/mol. The first-order chi connectivity index (χ1) is 11.1. The van der Waals surface area contributed by atoms with Crippen LogP contribution in [0.15, 0.2) is 30.3 Å². The number of methoxy groups -OCH3 is 1. The van der Waals surface area contributed by atoms with E-state index in [1.54, 1.807) is 0 Å². The summed E-state index contributed by atoms with van der Waals surface area (Å²) in [4.78, 5) is 25.4. The van der Waals surface area contributed by atoms with Crippen LogP contribution in [-0.4, -0.2) is 59.6 Å². The summed E-state index contributed by atoms with van der Waals surface area (Å²) >= 11 is 0. The van der Waals surface area contributed by atoms with Gasteiger partial charge in [0.15, 0.2) is 0 Å². The third-order valence-electron chi connectivity index (χ3n) is 3.96. The van der Waals surface area contributed by atoms with E-state index in [2.05, 4.69) is 0 Å². The monoisotopic (exact) mass is 323 g/mol. The Morgan fingerprint density at radius 1 is 1.30 bits per heavy atom. The normalized spacial score (nSPS) is 23.6. The molecule has 0 unspecified atom stereocenters. The summed E-state index contributed by atoms with van der Waals surface area (Å²) in [5.74, 6) is -1.20. The van der Waals surface area contributed by atoms with Gasteiger partial charge in [-0.15, -0.1) is 0 Å². The second-order valence-corrected chi connectivity index (χ2v) is 5.40. The van der Waals surface area contributed by atoms with Crippen LogP contribution in [0, 0.1) is 5.92 Å². The third-order valence-corrected chi connectivity index (χ3v) is 3.96. The molecule has 0 radical (unpaired) electrons. The first kappa shape index (κ1) is 17.2. The van der Waals surface area contributed by atoms with Gasteiger partial charge in [0.2, 0.25) is 0 Å². The lowest BCUT2D eigenvalue weighted by molar-refractivity contribution is -0.147. The van der Waals surface area contributed by atoms with Crippen molar-refractivity contribution in [3.63, 3.8) is 0 Å². The molecule has 0 spiro atoms. The average molecular weight is 323 g/mol. The third kappa shape index (κ3) is 4.00. The average Bonchev–Trinajstić information content (AvgIpc) is 2.90. The van der Waals surface area contributed by atoms with Crippen LogP contribution in [0.2, 0.25) is 0 Å². The zero-order valence-corrected chi connectivity index (χ0v) is 12.9. The van der Waals surface area contributed by atoms with Crippen molar-refractivity contribution in [1.29, 1.82) is 0 Å². The molecule has 7 nitrogen and oxygen atoms in total. The van der Waals surface area contributed by atoms with Crippen molar-refractivity contribution in [2.45, 2.75) is 25.2 Å². The van der Waals surface area contributed by atoms with E-state index in [4.69, 9.17) is 14.6 Å². The minimum Gasteiger partial charge on any atom is -0.467 e. The molecule has 0 aliphatic carbocycles. The number of carbonyl (C=O) groups is 2. The van der Waals surface area contributed by atoms with Crippen LogP contribution in [0.5, 0.6) is 0 Å². The van der Waals surface area contributed by atoms with Gasteiger partial charge in [0, 0.05) is 12.5 Å². The molecule has 7 heteroatoms. The summed E-state index contributed by atoms with van der Waals surface area (Å²) in [5.41, 5.74) is 0.821. The second-order valence-electron chi connectivity index (χ2n) is 5.40. The van der Waals surface area contributed by atoms with Crippen molar-refractivity contribution >= 4 is 12.1 Å². The number of β-amino-alcohol motifs (C(OH)–C–C–N with tert-alkyl or cyclic N) is 1. The molecule has 1 aromatic carbocycles. The minimum absolute atomic E-state index is 0.0297. The lowest BCUT2D eigenvalue weighted by Crippen LogP contribution is -2.44. The second kappa shape index (κ2) is 7.94. The number of rotatable bonds is 5. The Morgan fingerprint density at radius 2 is 2.00 bits per heavy atom. The van der Waals surface area contributed by atoms with Crippen molar-refractivity contribution in [3.05, 3.63) is 35.9 Å². The van der Waals surface area contributed by atoms with E-state index in [1.165, 1.54) is 12.0 Å². The quantitative estimate of drug-likeness (QED) is 0.768. The van der Waals surface area contributed by atoms with Crippen LogP contribution in [0.1, 0.15) is 12.0 Å². The van der Waals surface area contributed by atoms with Gasteiger partial charge in [0.1, 0.15) is 12.6 Å². The highest BCUT2D eigenvalue weighted by molar-refractivity contribution is 5.82. The van der Waals surface area contributed by atoms with Gasteiger partial charge in [0.25, 0.3) is 0 Å². The molecule has 0 saturated carbocycles. The van der Waals surface area contributed by atoms with Gasteiger partial charge in [-0.05, 0) is 12.0 Å². The molecule has 1 saturated heterocycles. The number of carbonyl (C=O) groups excluding carboxylic acids is 2. The van der Waals surface area contributed by atoms with Crippen molar-refractivity contribution < 1.29 is 29.3 Å². The van der Waals surface area contributed by atoms with Crippen molar-refractivity contribution in [3.8, 4) is 0 Å². The number of ether oxygens (including phenoxy) is 2. The SMILES string of the molecule is COC(=O)[C@@H]1[C@@H](CCO)[C@@H](O)CN1C(=O)OCc1ccccc1. The standard InChI is InChI=1S/C16H21NO6/c1-22-15(20)14-12(7-8-18)13(19)9-17(14)16(21)23-10-11-5-3-2-4-6-11/h2-6,12-14,18-19H,7-10H2,1H3/t12-,13-,14-/m0/s1. The lowest BCUT2D eigenvalue weighted by atomic mass is 9.95. The number of hydrogen-bond donors (Lipinski definition) is 2. The molecular formula is C16H21NO6. The molecule has 2 rings (SSSR count).